The van der Waals surface area contributed by atoms with Gasteiger partial charge in [-0.15, -0.1) is 0 Å². The summed E-state index contributed by atoms with van der Waals surface area (Å²) in [6, 6.07) is 26.4. The van der Waals surface area contributed by atoms with Crippen molar-refractivity contribution in [2.45, 2.75) is 63.7 Å². The highest BCUT2D eigenvalue weighted by Crippen LogP contribution is 2.47. The lowest BCUT2D eigenvalue weighted by Gasteiger charge is -2.41. The van der Waals surface area contributed by atoms with Crippen molar-refractivity contribution >= 4 is 11.4 Å². The zero-order valence-electron chi connectivity index (χ0n) is 18.8. The quantitative estimate of drug-likeness (QED) is 0.414. The predicted molar refractivity (Wildman–Crippen MR) is 133 cm³/mol. The SMILES string of the molecule is CCCCc1ccc(CC2CCC(c3ccc(N)cc3)(c3ccc(N)cc3)CC2)cc1. The standard InChI is InChI=1S/C29H36N2/c1-2-3-4-22-5-7-23(8-6-22)21-24-17-19-29(20-18-24,25-9-13-27(30)14-10-25)26-11-15-28(31)16-12-26/h5-16,24H,2-4,17-21,30-31H2,1H3. The van der Waals surface area contributed by atoms with Crippen molar-refractivity contribution in [1.29, 1.82) is 0 Å². The monoisotopic (exact) mass is 412 g/mol. The van der Waals surface area contributed by atoms with E-state index in [9.17, 15) is 0 Å². The Bertz CT molecular complexity index is 900. The van der Waals surface area contributed by atoms with Gasteiger partial charge in [0.1, 0.15) is 0 Å². The number of nitrogens with two attached hydrogens (primary N) is 2. The van der Waals surface area contributed by atoms with E-state index >= 15 is 0 Å². The second kappa shape index (κ2) is 9.60. The lowest BCUT2D eigenvalue weighted by molar-refractivity contribution is 0.264. The minimum atomic E-state index is 0.0575. The zero-order valence-corrected chi connectivity index (χ0v) is 18.8. The second-order valence-electron chi connectivity index (χ2n) is 9.39. The van der Waals surface area contributed by atoms with Crippen LogP contribution < -0.4 is 11.5 Å². The maximum absolute atomic E-state index is 5.99. The number of rotatable bonds is 7. The molecule has 0 spiro atoms. The average Bonchev–Trinajstić information content (AvgIpc) is 2.80. The van der Waals surface area contributed by atoms with Crippen molar-refractivity contribution in [2.24, 2.45) is 5.92 Å². The van der Waals surface area contributed by atoms with Gasteiger partial charge in [-0.3, -0.25) is 0 Å². The third-order valence-electron chi connectivity index (χ3n) is 7.25. The van der Waals surface area contributed by atoms with Gasteiger partial charge in [-0.25, -0.2) is 0 Å². The van der Waals surface area contributed by atoms with Crippen molar-refractivity contribution in [3.05, 3.63) is 95.1 Å². The number of aryl methyl sites for hydroxylation is 1. The first-order valence-corrected chi connectivity index (χ1v) is 11.9. The normalized spacial score (nSPS) is 16.3. The molecule has 4 rings (SSSR count). The Morgan fingerprint density at radius 2 is 1.19 bits per heavy atom. The van der Waals surface area contributed by atoms with E-state index in [2.05, 4.69) is 55.5 Å². The van der Waals surface area contributed by atoms with Crippen molar-refractivity contribution < 1.29 is 0 Å². The first-order valence-electron chi connectivity index (χ1n) is 11.9. The van der Waals surface area contributed by atoms with Crippen molar-refractivity contribution in [3.8, 4) is 0 Å². The molecule has 0 radical (unpaired) electrons. The topological polar surface area (TPSA) is 52.0 Å². The molecule has 1 aliphatic carbocycles. The van der Waals surface area contributed by atoms with Gasteiger partial charge in [-0.2, -0.15) is 0 Å². The molecular formula is C29H36N2. The number of unbranched alkanes of at least 4 members (excludes halogenated alkanes) is 1. The molecule has 1 aliphatic rings. The summed E-state index contributed by atoms with van der Waals surface area (Å²) in [4.78, 5) is 0. The molecule has 3 aromatic rings. The van der Waals surface area contributed by atoms with Crippen LogP contribution >= 0.6 is 0 Å². The van der Waals surface area contributed by atoms with Gasteiger partial charge in [-0.05, 0) is 97.4 Å². The van der Waals surface area contributed by atoms with Crippen molar-refractivity contribution in [2.75, 3.05) is 11.5 Å². The third kappa shape index (κ3) is 4.95. The predicted octanol–water partition coefficient (Wildman–Crippen LogP) is 6.91. The fourth-order valence-electron chi connectivity index (χ4n) is 5.28. The molecule has 3 aromatic carbocycles. The summed E-state index contributed by atoms with van der Waals surface area (Å²) in [6.45, 7) is 2.26. The molecule has 0 amide bonds. The fraction of sp³-hybridized carbons (Fsp3) is 0.379. The smallest absolute Gasteiger partial charge is 0.0314 e. The molecule has 0 atom stereocenters. The first-order chi connectivity index (χ1) is 15.1. The minimum absolute atomic E-state index is 0.0575. The fourth-order valence-corrected chi connectivity index (χ4v) is 5.28. The summed E-state index contributed by atoms with van der Waals surface area (Å²) >= 11 is 0. The molecule has 0 aromatic heterocycles. The molecule has 1 fully saturated rings. The van der Waals surface area contributed by atoms with Crippen LogP contribution in [-0.4, -0.2) is 0 Å². The van der Waals surface area contributed by atoms with Gasteiger partial charge in [0, 0.05) is 16.8 Å². The van der Waals surface area contributed by atoms with E-state index in [4.69, 9.17) is 11.5 Å². The highest BCUT2D eigenvalue weighted by molar-refractivity contribution is 5.49. The number of hydrogen-bond acceptors (Lipinski definition) is 2. The molecule has 31 heavy (non-hydrogen) atoms. The van der Waals surface area contributed by atoms with Crippen LogP contribution in [0.2, 0.25) is 0 Å². The Labute approximate surface area is 187 Å². The Morgan fingerprint density at radius 3 is 1.68 bits per heavy atom. The summed E-state index contributed by atoms with van der Waals surface area (Å²) in [5, 5.41) is 0. The zero-order chi connectivity index (χ0) is 21.7. The maximum Gasteiger partial charge on any atom is 0.0314 e. The molecule has 1 saturated carbocycles. The van der Waals surface area contributed by atoms with Crippen LogP contribution in [0.25, 0.3) is 0 Å². The van der Waals surface area contributed by atoms with Gasteiger partial charge >= 0.3 is 0 Å². The van der Waals surface area contributed by atoms with Crippen LogP contribution in [0.5, 0.6) is 0 Å². The van der Waals surface area contributed by atoms with Gasteiger partial charge in [0.25, 0.3) is 0 Å². The molecule has 0 heterocycles. The van der Waals surface area contributed by atoms with E-state index < -0.39 is 0 Å². The number of hydrogen-bond donors (Lipinski definition) is 2. The molecule has 2 heteroatoms. The maximum atomic E-state index is 5.99. The molecule has 0 unspecified atom stereocenters. The summed E-state index contributed by atoms with van der Waals surface area (Å²) in [6.07, 6.45) is 9.74. The van der Waals surface area contributed by atoms with E-state index in [1.54, 1.807) is 0 Å². The van der Waals surface area contributed by atoms with Crippen LogP contribution in [0.15, 0.2) is 72.8 Å². The van der Waals surface area contributed by atoms with Gasteiger partial charge in [0.05, 0.1) is 0 Å². The lowest BCUT2D eigenvalue weighted by Crippen LogP contribution is -2.33. The minimum Gasteiger partial charge on any atom is -0.399 e. The Kier molecular flexibility index (Phi) is 6.65. The molecular weight excluding hydrogens is 376 g/mol. The molecule has 2 nitrogen and oxygen atoms in total. The Balaban J connectivity index is 1.49. The number of benzene rings is 3. The van der Waals surface area contributed by atoms with Gasteiger partial charge in [0.2, 0.25) is 0 Å². The van der Waals surface area contributed by atoms with Crippen LogP contribution in [0.1, 0.15) is 67.7 Å². The van der Waals surface area contributed by atoms with E-state index in [0.29, 0.717) is 0 Å². The third-order valence-corrected chi connectivity index (χ3v) is 7.25. The summed E-state index contributed by atoms with van der Waals surface area (Å²) in [5.41, 5.74) is 19.4. The van der Waals surface area contributed by atoms with E-state index in [1.165, 1.54) is 73.6 Å². The first kappa shape index (κ1) is 21.5. The van der Waals surface area contributed by atoms with Crippen LogP contribution in [-0.2, 0) is 18.3 Å². The molecule has 162 valence electrons. The van der Waals surface area contributed by atoms with Crippen LogP contribution in [0, 0.1) is 5.92 Å². The number of nitrogen functional groups attached to an aromatic ring is 2. The highest BCUT2D eigenvalue weighted by Gasteiger charge is 2.38. The van der Waals surface area contributed by atoms with Gasteiger partial charge in [-0.1, -0.05) is 61.9 Å². The molecule has 0 aliphatic heterocycles. The van der Waals surface area contributed by atoms with Gasteiger partial charge < -0.3 is 11.5 Å². The molecule has 0 saturated heterocycles. The van der Waals surface area contributed by atoms with Crippen molar-refractivity contribution in [3.63, 3.8) is 0 Å². The van der Waals surface area contributed by atoms with E-state index in [-0.39, 0.29) is 5.41 Å². The van der Waals surface area contributed by atoms with E-state index in [1.807, 2.05) is 24.3 Å². The summed E-state index contributed by atoms with van der Waals surface area (Å²) in [7, 11) is 0. The molecule has 0 bridgehead atoms. The summed E-state index contributed by atoms with van der Waals surface area (Å²) in [5.74, 6) is 0.747. The van der Waals surface area contributed by atoms with Crippen LogP contribution in [0.3, 0.4) is 0 Å². The van der Waals surface area contributed by atoms with Crippen molar-refractivity contribution in [1.82, 2.24) is 0 Å². The lowest BCUT2D eigenvalue weighted by atomic mass is 9.62. The van der Waals surface area contributed by atoms with Gasteiger partial charge in [0.15, 0.2) is 0 Å². The highest BCUT2D eigenvalue weighted by atomic mass is 14.5. The average molecular weight is 413 g/mol. The Morgan fingerprint density at radius 1 is 0.710 bits per heavy atom. The second-order valence-corrected chi connectivity index (χ2v) is 9.39. The summed E-state index contributed by atoms with van der Waals surface area (Å²) < 4.78 is 0. The number of anilines is 2. The molecule has 4 N–H and O–H groups in total. The van der Waals surface area contributed by atoms with E-state index in [0.717, 1.165) is 17.3 Å². The largest absolute Gasteiger partial charge is 0.399 e. The Hall–Kier alpha value is -2.74. The van der Waals surface area contributed by atoms with Crippen LogP contribution in [0.4, 0.5) is 11.4 Å².